The summed E-state index contributed by atoms with van der Waals surface area (Å²) in [5, 5.41) is 9.95. The summed E-state index contributed by atoms with van der Waals surface area (Å²) in [7, 11) is 0. The van der Waals surface area contributed by atoms with E-state index in [1.54, 1.807) is 0 Å². The lowest BCUT2D eigenvalue weighted by Crippen LogP contribution is -2.42. The first-order chi connectivity index (χ1) is 10.0. The Kier molecular flexibility index (Phi) is 3.15. The molecular weight excluding hydrogens is 375 g/mol. The molecule has 0 aliphatic heterocycles. The van der Waals surface area contributed by atoms with Crippen LogP contribution in [0.25, 0.3) is 0 Å². The van der Waals surface area contributed by atoms with Gasteiger partial charge in [-0.2, -0.15) is 0 Å². The van der Waals surface area contributed by atoms with Crippen LogP contribution in [0.5, 0.6) is 5.75 Å². The topological polar surface area (TPSA) is 37.3 Å². The van der Waals surface area contributed by atoms with Crippen molar-refractivity contribution in [2.24, 2.45) is 17.3 Å². The van der Waals surface area contributed by atoms with Gasteiger partial charge >= 0.3 is 0 Å². The van der Waals surface area contributed by atoms with Crippen LogP contribution in [0.4, 0.5) is 0 Å². The average molecular weight is 396 g/mol. The second-order valence-electron chi connectivity index (χ2n) is 7.34. The molecule has 0 spiro atoms. The molecule has 4 rings (SSSR count). The molecule has 2 saturated carbocycles. The number of aryl methyl sites for hydroxylation is 1. The van der Waals surface area contributed by atoms with Gasteiger partial charge in [-0.25, -0.2) is 0 Å². The molecule has 3 heteroatoms. The highest BCUT2D eigenvalue weighted by atomic mass is 127. The number of hydrogen-bond acceptors (Lipinski definition) is 2. The number of benzene rings is 1. The molecule has 0 amide bonds. The zero-order chi connectivity index (χ0) is 14.8. The predicted octanol–water partition coefficient (Wildman–Crippen LogP) is 4.42. The maximum atomic E-state index is 12.3. The SMILES string of the molecule is C[C@]12CC[C@@H]3c4cc(I)c(O)cc4CC[C@H]3C1CCC2=O. The third-order valence-electron chi connectivity index (χ3n) is 6.50. The molecule has 0 saturated heterocycles. The Morgan fingerprint density at radius 2 is 2.05 bits per heavy atom. The lowest BCUT2D eigenvalue weighted by atomic mass is 9.55. The highest BCUT2D eigenvalue weighted by Gasteiger charge is 2.54. The van der Waals surface area contributed by atoms with Crippen molar-refractivity contribution in [2.75, 3.05) is 0 Å². The average Bonchev–Trinajstić information content (AvgIpc) is 2.76. The van der Waals surface area contributed by atoms with Gasteiger partial charge in [0, 0.05) is 11.8 Å². The van der Waals surface area contributed by atoms with E-state index < -0.39 is 0 Å². The van der Waals surface area contributed by atoms with E-state index in [9.17, 15) is 9.90 Å². The summed E-state index contributed by atoms with van der Waals surface area (Å²) in [6.07, 6.45) is 6.32. The summed E-state index contributed by atoms with van der Waals surface area (Å²) in [6.45, 7) is 2.22. The van der Waals surface area contributed by atoms with Gasteiger partial charge < -0.3 is 5.11 Å². The van der Waals surface area contributed by atoms with Crippen LogP contribution in [0.1, 0.15) is 56.1 Å². The van der Waals surface area contributed by atoms with Gasteiger partial charge in [0.15, 0.2) is 0 Å². The maximum Gasteiger partial charge on any atom is 0.139 e. The first-order valence-electron chi connectivity index (χ1n) is 8.05. The lowest BCUT2D eigenvalue weighted by Gasteiger charge is -2.48. The van der Waals surface area contributed by atoms with Crippen molar-refractivity contribution in [2.45, 2.75) is 51.4 Å². The fourth-order valence-electron chi connectivity index (χ4n) is 5.35. The molecule has 0 radical (unpaired) electrons. The summed E-state index contributed by atoms with van der Waals surface area (Å²) in [5.74, 6) is 2.79. The molecule has 0 bridgehead atoms. The fraction of sp³-hybridized carbons (Fsp3) is 0.611. The Hall–Kier alpha value is -0.580. The Morgan fingerprint density at radius 3 is 2.86 bits per heavy atom. The van der Waals surface area contributed by atoms with E-state index in [0.29, 0.717) is 29.3 Å². The molecule has 0 heterocycles. The number of carbonyl (C=O) groups excluding carboxylic acids is 1. The second-order valence-corrected chi connectivity index (χ2v) is 8.50. The van der Waals surface area contributed by atoms with Crippen molar-refractivity contribution in [3.8, 4) is 5.75 Å². The monoisotopic (exact) mass is 396 g/mol. The molecular formula is C18H21IO2. The quantitative estimate of drug-likeness (QED) is 0.660. The van der Waals surface area contributed by atoms with Crippen LogP contribution in [0.3, 0.4) is 0 Å². The molecule has 1 aromatic rings. The fourth-order valence-corrected chi connectivity index (χ4v) is 5.84. The van der Waals surface area contributed by atoms with Gasteiger partial charge in [-0.1, -0.05) is 6.92 Å². The van der Waals surface area contributed by atoms with Crippen LogP contribution in [-0.2, 0) is 11.2 Å². The van der Waals surface area contributed by atoms with E-state index in [0.717, 1.165) is 35.7 Å². The van der Waals surface area contributed by atoms with Crippen molar-refractivity contribution in [1.29, 1.82) is 0 Å². The third kappa shape index (κ3) is 1.92. The standard InChI is InChI=1S/C18H21IO2/c1-18-7-6-11-12(14(18)4-5-17(18)21)3-2-10-8-16(20)15(19)9-13(10)11/h8-9,11-12,14,20H,2-7H2,1H3/t11-,12+,14?,18-/m0/s1. The molecule has 0 aromatic heterocycles. The summed E-state index contributed by atoms with van der Waals surface area (Å²) >= 11 is 2.23. The largest absolute Gasteiger partial charge is 0.507 e. The Labute approximate surface area is 139 Å². The number of aromatic hydroxyl groups is 1. The summed E-state index contributed by atoms with van der Waals surface area (Å²) in [5.41, 5.74) is 2.75. The molecule has 2 fully saturated rings. The highest BCUT2D eigenvalue weighted by Crippen LogP contribution is 2.59. The van der Waals surface area contributed by atoms with E-state index in [2.05, 4.69) is 35.6 Å². The smallest absolute Gasteiger partial charge is 0.139 e. The minimum Gasteiger partial charge on any atom is -0.507 e. The number of fused-ring (bicyclic) bond motifs is 5. The first kappa shape index (κ1) is 14.0. The molecule has 1 aromatic carbocycles. The zero-order valence-corrected chi connectivity index (χ0v) is 14.5. The summed E-state index contributed by atoms with van der Waals surface area (Å²) in [6, 6.07) is 4.17. The molecule has 21 heavy (non-hydrogen) atoms. The number of phenolic OH excluding ortho intramolecular Hbond substituents is 1. The van der Waals surface area contributed by atoms with Crippen LogP contribution in [0.15, 0.2) is 12.1 Å². The van der Waals surface area contributed by atoms with E-state index >= 15 is 0 Å². The van der Waals surface area contributed by atoms with Crippen molar-refractivity contribution in [1.82, 2.24) is 0 Å². The minimum atomic E-state index is -0.0389. The first-order valence-corrected chi connectivity index (χ1v) is 9.13. The van der Waals surface area contributed by atoms with Crippen LogP contribution in [0, 0.1) is 20.8 Å². The molecule has 2 nitrogen and oxygen atoms in total. The van der Waals surface area contributed by atoms with E-state index in [1.807, 2.05) is 6.07 Å². The van der Waals surface area contributed by atoms with Crippen LogP contribution < -0.4 is 0 Å². The predicted molar refractivity (Wildman–Crippen MR) is 90.4 cm³/mol. The van der Waals surface area contributed by atoms with Crippen molar-refractivity contribution in [3.05, 3.63) is 26.8 Å². The normalized spacial score (nSPS) is 37.8. The Balaban J connectivity index is 1.75. The molecule has 3 aliphatic carbocycles. The second kappa shape index (κ2) is 4.71. The number of rotatable bonds is 0. The molecule has 3 aliphatic rings. The van der Waals surface area contributed by atoms with Crippen molar-refractivity contribution >= 4 is 28.4 Å². The number of Topliss-reactive ketones (excluding diaryl/α,β-unsaturated/α-hetero) is 1. The Bertz CT molecular complexity index is 624. The van der Waals surface area contributed by atoms with Gasteiger partial charge in [0.25, 0.3) is 0 Å². The van der Waals surface area contributed by atoms with Gasteiger partial charge in [-0.3, -0.25) is 4.79 Å². The molecule has 112 valence electrons. The van der Waals surface area contributed by atoms with Gasteiger partial charge in [-0.15, -0.1) is 0 Å². The molecule has 1 N–H and O–H groups in total. The van der Waals surface area contributed by atoms with Gasteiger partial charge in [0.2, 0.25) is 0 Å². The summed E-state index contributed by atoms with van der Waals surface area (Å²) in [4.78, 5) is 12.3. The minimum absolute atomic E-state index is 0.0389. The number of ketones is 1. The van der Waals surface area contributed by atoms with Crippen LogP contribution >= 0.6 is 22.6 Å². The summed E-state index contributed by atoms with van der Waals surface area (Å²) < 4.78 is 0.961. The van der Waals surface area contributed by atoms with Gasteiger partial charge in [-0.05, 0) is 95.7 Å². The van der Waals surface area contributed by atoms with Gasteiger partial charge in [0.05, 0.1) is 3.57 Å². The van der Waals surface area contributed by atoms with Crippen LogP contribution in [-0.4, -0.2) is 10.9 Å². The number of phenols is 1. The zero-order valence-electron chi connectivity index (χ0n) is 12.4. The number of halogens is 1. The van der Waals surface area contributed by atoms with E-state index in [-0.39, 0.29) is 5.41 Å². The van der Waals surface area contributed by atoms with Crippen molar-refractivity contribution in [3.63, 3.8) is 0 Å². The number of carbonyl (C=O) groups is 1. The van der Waals surface area contributed by atoms with E-state index in [1.165, 1.54) is 17.5 Å². The Morgan fingerprint density at radius 1 is 1.24 bits per heavy atom. The van der Waals surface area contributed by atoms with Gasteiger partial charge in [0.1, 0.15) is 11.5 Å². The molecule has 4 atom stereocenters. The maximum absolute atomic E-state index is 12.3. The van der Waals surface area contributed by atoms with Crippen molar-refractivity contribution < 1.29 is 9.90 Å². The third-order valence-corrected chi connectivity index (χ3v) is 7.37. The van der Waals surface area contributed by atoms with Crippen LogP contribution in [0.2, 0.25) is 0 Å². The lowest BCUT2D eigenvalue weighted by molar-refractivity contribution is -0.129. The van der Waals surface area contributed by atoms with E-state index in [4.69, 9.17) is 0 Å². The molecule has 1 unspecified atom stereocenters. The highest BCUT2D eigenvalue weighted by molar-refractivity contribution is 14.1. The number of hydrogen-bond donors (Lipinski definition) is 1.